The summed E-state index contributed by atoms with van der Waals surface area (Å²) in [7, 11) is 0. The van der Waals surface area contributed by atoms with Crippen LogP contribution in [-0.2, 0) is 4.79 Å². The van der Waals surface area contributed by atoms with Crippen LogP contribution in [0.1, 0.15) is 50.6 Å². The van der Waals surface area contributed by atoms with E-state index in [2.05, 4.69) is 5.32 Å². The van der Waals surface area contributed by atoms with Gasteiger partial charge in [0.15, 0.2) is 0 Å². The second-order valence-electron chi connectivity index (χ2n) is 4.79. The van der Waals surface area contributed by atoms with E-state index < -0.39 is 0 Å². The summed E-state index contributed by atoms with van der Waals surface area (Å²) in [5, 5.41) is 3.71. The molecule has 0 spiro atoms. The minimum Gasteiger partial charge on any atom is -0.350 e. The summed E-state index contributed by atoms with van der Waals surface area (Å²) in [5.41, 5.74) is 6.49. The van der Waals surface area contributed by atoms with Crippen LogP contribution in [0.4, 0.5) is 0 Å². The molecule has 0 aliphatic carbocycles. The third-order valence-electron chi connectivity index (χ3n) is 3.11. The van der Waals surface area contributed by atoms with E-state index in [9.17, 15) is 4.79 Å². The molecule has 1 aromatic rings. The van der Waals surface area contributed by atoms with Gasteiger partial charge in [-0.3, -0.25) is 4.79 Å². The number of carbonyl (C=O) groups excluding carboxylic acids is 1. The first-order chi connectivity index (χ1) is 9.13. The summed E-state index contributed by atoms with van der Waals surface area (Å²) < 4.78 is 0. The molecule has 1 amide bonds. The third kappa shape index (κ3) is 7.73. The van der Waals surface area contributed by atoms with Crippen molar-refractivity contribution in [2.24, 2.45) is 5.73 Å². The van der Waals surface area contributed by atoms with Crippen LogP contribution in [0.2, 0.25) is 5.02 Å². The van der Waals surface area contributed by atoms with Gasteiger partial charge in [-0.25, -0.2) is 0 Å². The molecule has 0 saturated heterocycles. The number of hydrogen-bond donors (Lipinski definition) is 2. The number of rotatable bonds is 8. The van der Waals surface area contributed by atoms with Crippen LogP contribution in [0.25, 0.3) is 0 Å². The van der Waals surface area contributed by atoms with E-state index in [1.54, 1.807) is 0 Å². The van der Waals surface area contributed by atoms with Gasteiger partial charge in [0.2, 0.25) is 5.91 Å². The lowest BCUT2D eigenvalue weighted by molar-refractivity contribution is -0.121. The minimum absolute atomic E-state index is 0. The maximum Gasteiger partial charge on any atom is 0.220 e. The molecule has 114 valence electrons. The number of carbonyl (C=O) groups is 1. The van der Waals surface area contributed by atoms with Gasteiger partial charge in [0.1, 0.15) is 0 Å². The first kappa shape index (κ1) is 19.2. The van der Waals surface area contributed by atoms with E-state index in [1.165, 1.54) is 0 Å². The zero-order valence-corrected chi connectivity index (χ0v) is 13.5. The third-order valence-corrected chi connectivity index (χ3v) is 3.36. The lowest BCUT2D eigenvalue weighted by atomic mass is 10.1. The molecule has 0 aromatic heterocycles. The van der Waals surface area contributed by atoms with E-state index in [0.29, 0.717) is 11.4 Å². The molecule has 3 nitrogen and oxygen atoms in total. The molecule has 20 heavy (non-hydrogen) atoms. The molecule has 5 heteroatoms. The normalized spacial score (nSPS) is 11.6. The average Bonchev–Trinajstić information content (AvgIpc) is 2.39. The molecule has 0 aliphatic rings. The van der Waals surface area contributed by atoms with Crippen LogP contribution in [0, 0.1) is 0 Å². The Bertz CT molecular complexity index is 382. The summed E-state index contributed by atoms with van der Waals surface area (Å²) in [4.78, 5) is 11.8. The standard InChI is InChI=1S/C15H23ClN2O.ClH/c1-12(13-7-9-14(16)10-8-13)18-15(19)6-4-2-3-5-11-17;/h7-10,12H,2-6,11,17H2,1H3,(H,18,19);1H. The van der Waals surface area contributed by atoms with Gasteiger partial charge < -0.3 is 11.1 Å². The summed E-state index contributed by atoms with van der Waals surface area (Å²) in [6, 6.07) is 7.58. The Labute approximate surface area is 132 Å². The Balaban J connectivity index is 0.00000361. The van der Waals surface area contributed by atoms with Crippen molar-refractivity contribution < 1.29 is 4.79 Å². The Morgan fingerprint density at radius 2 is 1.80 bits per heavy atom. The molecular weight excluding hydrogens is 295 g/mol. The number of unbranched alkanes of at least 4 members (excludes halogenated alkanes) is 3. The smallest absolute Gasteiger partial charge is 0.220 e. The van der Waals surface area contributed by atoms with Gasteiger partial charge >= 0.3 is 0 Å². The summed E-state index contributed by atoms with van der Waals surface area (Å²) in [5.74, 6) is 0.107. The van der Waals surface area contributed by atoms with Gasteiger partial charge in [0, 0.05) is 11.4 Å². The fourth-order valence-corrected chi connectivity index (χ4v) is 2.06. The molecule has 1 aromatic carbocycles. The summed E-state index contributed by atoms with van der Waals surface area (Å²) >= 11 is 5.84. The molecule has 0 saturated carbocycles. The van der Waals surface area contributed by atoms with E-state index in [-0.39, 0.29) is 24.4 Å². The molecule has 0 radical (unpaired) electrons. The fraction of sp³-hybridized carbons (Fsp3) is 0.533. The molecule has 0 heterocycles. The maximum atomic E-state index is 11.8. The highest BCUT2D eigenvalue weighted by molar-refractivity contribution is 6.30. The van der Waals surface area contributed by atoms with Gasteiger partial charge in [-0.2, -0.15) is 0 Å². The predicted molar refractivity (Wildman–Crippen MR) is 87.4 cm³/mol. The summed E-state index contributed by atoms with van der Waals surface area (Å²) in [6.45, 7) is 2.72. The van der Waals surface area contributed by atoms with Crippen molar-refractivity contribution in [1.82, 2.24) is 5.32 Å². The highest BCUT2D eigenvalue weighted by atomic mass is 35.5. The molecular formula is C15H24Cl2N2O. The maximum absolute atomic E-state index is 11.8. The highest BCUT2D eigenvalue weighted by Gasteiger charge is 2.08. The van der Waals surface area contributed by atoms with E-state index >= 15 is 0 Å². The fourth-order valence-electron chi connectivity index (χ4n) is 1.93. The second kappa shape index (κ2) is 11.0. The molecule has 3 N–H and O–H groups in total. The van der Waals surface area contributed by atoms with Crippen molar-refractivity contribution in [2.45, 2.75) is 45.1 Å². The number of nitrogens with one attached hydrogen (secondary N) is 1. The molecule has 0 aliphatic heterocycles. The van der Waals surface area contributed by atoms with Gasteiger partial charge in [0.25, 0.3) is 0 Å². The number of halogens is 2. The molecule has 1 unspecified atom stereocenters. The van der Waals surface area contributed by atoms with Crippen LogP contribution in [0.15, 0.2) is 24.3 Å². The molecule has 1 atom stereocenters. The largest absolute Gasteiger partial charge is 0.350 e. The lowest BCUT2D eigenvalue weighted by Crippen LogP contribution is -2.26. The van der Waals surface area contributed by atoms with Gasteiger partial charge in [-0.15, -0.1) is 12.4 Å². The quantitative estimate of drug-likeness (QED) is 0.715. The van der Waals surface area contributed by atoms with Crippen molar-refractivity contribution >= 4 is 29.9 Å². The van der Waals surface area contributed by atoms with Crippen molar-refractivity contribution in [3.05, 3.63) is 34.9 Å². The average molecular weight is 319 g/mol. The molecule has 0 bridgehead atoms. The highest BCUT2D eigenvalue weighted by Crippen LogP contribution is 2.16. The van der Waals surface area contributed by atoms with Crippen molar-refractivity contribution in [3.8, 4) is 0 Å². The number of benzene rings is 1. The lowest BCUT2D eigenvalue weighted by Gasteiger charge is -2.14. The Morgan fingerprint density at radius 1 is 1.20 bits per heavy atom. The first-order valence-corrected chi connectivity index (χ1v) is 7.26. The Morgan fingerprint density at radius 3 is 2.40 bits per heavy atom. The van der Waals surface area contributed by atoms with Gasteiger partial charge in [-0.1, -0.05) is 36.6 Å². The minimum atomic E-state index is 0. The summed E-state index contributed by atoms with van der Waals surface area (Å²) in [6.07, 6.45) is 4.74. The van der Waals surface area contributed by atoms with E-state index in [1.807, 2.05) is 31.2 Å². The van der Waals surface area contributed by atoms with Crippen molar-refractivity contribution in [2.75, 3.05) is 6.54 Å². The van der Waals surface area contributed by atoms with Crippen molar-refractivity contribution in [1.29, 1.82) is 0 Å². The van der Waals surface area contributed by atoms with Crippen LogP contribution < -0.4 is 11.1 Å². The number of hydrogen-bond acceptors (Lipinski definition) is 2. The van der Waals surface area contributed by atoms with E-state index in [4.69, 9.17) is 17.3 Å². The Hall–Kier alpha value is -0.770. The van der Waals surface area contributed by atoms with E-state index in [0.717, 1.165) is 37.8 Å². The van der Waals surface area contributed by atoms with Crippen molar-refractivity contribution in [3.63, 3.8) is 0 Å². The first-order valence-electron chi connectivity index (χ1n) is 6.88. The molecule has 1 rings (SSSR count). The zero-order chi connectivity index (χ0) is 14.1. The SMILES string of the molecule is CC(NC(=O)CCCCCCN)c1ccc(Cl)cc1.Cl. The Kier molecular flexibility index (Phi) is 10.5. The molecule has 0 fully saturated rings. The zero-order valence-electron chi connectivity index (χ0n) is 11.9. The van der Waals surface area contributed by atoms with Gasteiger partial charge in [0.05, 0.1) is 6.04 Å². The monoisotopic (exact) mass is 318 g/mol. The van der Waals surface area contributed by atoms with Crippen LogP contribution in [-0.4, -0.2) is 12.5 Å². The predicted octanol–water partition coefficient (Wildman–Crippen LogP) is 3.85. The van der Waals surface area contributed by atoms with Gasteiger partial charge in [-0.05, 0) is 44.0 Å². The topological polar surface area (TPSA) is 55.1 Å². The van der Waals surface area contributed by atoms with Crippen LogP contribution in [0.3, 0.4) is 0 Å². The second-order valence-corrected chi connectivity index (χ2v) is 5.23. The van der Waals surface area contributed by atoms with Crippen LogP contribution in [0.5, 0.6) is 0 Å². The number of amides is 1. The van der Waals surface area contributed by atoms with Crippen LogP contribution >= 0.6 is 24.0 Å². The number of nitrogens with two attached hydrogens (primary N) is 1.